The van der Waals surface area contributed by atoms with Gasteiger partial charge in [-0.25, -0.2) is 16.8 Å². The lowest BCUT2D eigenvalue weighted by Crippen LogP contribution is -2.47. The van der Waals surface area contributed by atoms with Gasteiger partial charge < -0.3 is 9.64 Å². The lowest BCUT2D eigenvalue weighted by Gasteiger charge is -2.24. The first-order chi connectivity index (χ1) is 15.3. The summed E-state index contributed by atoms with van der Waals surface area (Å²) in [6.07, 6.45) is 4.19. The van der Waals surface area contributed by atoms with Crippen molar-refractivity contribution in [2.75, 3.05) is 29.4 Å². The van der Waals surface area contributed by atoms with Gasteiger partial charge in [0, 0.05) is 18.7 Å². The van der Waals surface area contributed by atoms with Gasteiger partial charge in [-0.05, 0) is 31.7 Å². The Morgan fingerprint density at radius 2 is 1.85 bits per heavy atom. The highest BCUT2D eigenvalue weighted by molar-refractivity contribution is 8.09. The van der Waals surface area contributed by atoms with Crippen molar-refractivity contribution in [3.8, 4) is 11.8 Å². The summed E-state index contributed by atoms with van der Waals surface area (Å²) in [4.78, 5) is 14.4. The number of anilines is 1. The maximum atomic E-state index is 12.8. The SMILES string of the molecule is CS(=O)(=O)N(c1cc(OC[C@H]2CC[C@@H](C(=O)N3CCC[C@H]3C#N)N2)c(Cl)cc1Cl)S(C)(=O)=O. The molecule has 33 heavy (non-hydrogen) atoms. The Bertz CT molecular complexity index is 1150. The third-order valence-corrected chi connectivity index (χ3v) is 9.29. The van der Waals surface area contributed by atoms with E-state index in [-0.39, 0.29) is 43.7 Å². The fraction of sp³-hybridized carbons (Fsp3) is 0.579. The molecule has 2 saturated heterocycles. The van der Waals surface area contributed by atoms with Gasteiger partial charge in [0.2, 0.25) is 26.0 Å². The largest absolute Gasteiger partial charge is 0.490 e. The van der Waals surface area contributed by atoms with E-state index >= 15 is 0 Å². The molecule has 10 nitrogen and oxygen atoms in total. The normalized spacial score (nSPS) is 23.4. The van der Waals surface area contributed by atoms with E-state index < -0.39 is 32.1 Å². The van der Waals surface area contributed by atoms with Crippen LogP contribution in [0.15, 0.2) is 12.1 Å². The molecule has 0 aromatic heterocycles. The topological polar surface area (TPSA) is 137 Å². The average Bonchev–Trinajstić information content (AvgIpc) is 3.35. The summed E-state index contributed by atoms with van der Waals surface area (Å²) < 4.78 is 54.3. The Kier molecular flexibility index (Phi) is 7.70. The van der Waals surface area contributed by atoms with Gasteiger partial charge in [-0.2, -0.15) is 8.97 Å². The zero-order chi connectivity index (χ0) is 24.6. The van der Waals surface area contributed by atoms with Gasteiger partial charge in [-0.1, -0.05) is 23.2 Å². The molecule has 2 fully saturated rings. The summed E-state index contributed by atoms with van der Waals surface area (Å²) in [5.41, 5.74) is -0.301. The van der Waals surface area contributed by atoms with Crippen LogP contribution in [0, 0.1) is 11.3 Å². The second kappa shape index (κ2) is 9.84. The summed E-state index contributed by atoms with van der Waals surface area (Å²) >= 11 is 12.3. The molecule has 0 spiro atoms. The van der Waals surface area contributed by atoms with Crippen LogP contribution in [0.4, 0.5) is 5.69 Å². The van der Waals surface area contributed by atoms with E-state index in [0.29, 0.717) is 25.8 Å². The number of likely N-dealkylation sites (tertiary alicyclic amines) is 1. The molecule has 2 aliphatic heterocycles. The van der Waals surface area contributed by atoms with Crippen LogP contribution in [0.1, 0.15) is 25.7 Å². The highest BCUT2D eigenvalue weighted by Gasteiger charge is 2.37. The van der Waals surface area contributed by atoms with E-state index in [0.717, 1.165) is 25.0 Å². The van der Waals surface area contributed by atoms with Crippen LogP contribution in [0.3, 0.4) is 0 Å². The van der Waals surface area contributed by atoms with Gasteiger partial charge in [0.15, 0.2) is 0 Å². The van der Waals surface area contributed by atoms with Crippen LogP contribution in [-0.4, -0.2) is 71.4 Å². The van der Waals surface area contributed by atoms with Gasteiger partial charge in [-0.15, -0.1) is 0 Å². The summed E-state index contributed by atoms with van der Waals surface area (Å²) in [6, 6.07) is 3.52. The van der Waals surface area contributed by atoms with E-state index in [4.69, 9.17) is 27.9 Å². The minimum Gasteiger partial charge on any atom is -0.490 e. The molecule has 0 unspecified atom stereocenters. The molecule has 3 atom stereocenters. The summed E-state index contributed by atoms with van der Waals surface area (Å²) in [5, 5.41) is 12.3. The van der Waals surface area contributed by atoms with E-state index in [1.807, 2.05) is 0 Å². The first kappa shape index (κ1) is 25.8. The van der Waals surface area contributed by atoms with Gasteiger partial charge >= 0.3 is 0 Å². The third-order valence-electron chi connectivity index (χ3n) is 5.46. The third kappa shape index (κ3) is 5.84. The number of benzene rings is 1. The number of nitrogens with zero attached hydrogens (tertiary/aromatic N) is 3. The van der Waals surface area contributed by atoms with Crippen molar-refractivity contribution < 1.29 is 26.4 Å². The highest BCUT2D eigenvalue weighted by Crippen LogP contribution is 2.38. The van der Waals surface area contributed by atoms with Gasteiger partial charge in [0.1, 0.15) is 18.4 Å². The van der Waals surface area contributed by atoms with Crippen molar-refractivity contribution in [3.05, 3.63) is 22.2 Å². The average molecular weight is 539 g/mol. The molecule has 1 N–H and O–H groups in total. The van der Waals surface area contributed by atoms with Crippen LogP contribution in [0.2, 0.25) is 10.0 Å². The Labute approximate surface area is 203 Å². The Morgan fingerprint density at radius 1 is 1.18 bits per heavy atom. The number of nitriles is 1. The monoisotopic (exact) mass is 538 g/mol. The fourth-order valence-corrected chi connectivity index (χ4v) is 7.68. The maximum absolute atomic E-state index is 12.8. The number of carbonyl (C=O) groups is 1. The number of nitrogens with one attached hydrogen (secondary N) is 1. The molecule has 2 aliphatic rings. The number of hydrogen-bond acceptors (Lipinski definition) is 8. The minimum atomic E-state index is -4.21. The van der Waals surface area contributed by atoms with Crippen molar-refractivity contribution in [2.24, 2.45) is 0 Å². The Hall–Kier alpha value is -1.78. The van der Waals surface area contributed by atoms with Crippen LogP contribution in [0.25, 0.3) is 0 Å². The molecule has 14 heteroatoms. The molecular weight excluding hydrogens is 515 g/mol. The fourth-order valence-electron chi connectivity index (χ4n) is 4.07. The van der Waals surface area contributed by atoms with E-state index in [9.17, 15) is 26.9 Å². The molecule has 0 radical (unpaired) electrons. The van der Waals surface area contributed by atoms with Crippen molar-refractivity contribution in [2.45, 2.75) is 43.8 Å². The smallest absolute Gasteiger partial charge is 0.245 e. The van der Waals surface area contributed by atoms with Gasteiger partial charge in [0.05, 0.1) is 40.4 Å². The number of halogens is 2. The second-order valence-electron chi connectivity index (χ2n) is 8.08. The molecule has 182 valence electrons. The molecular formula is C19H24Cl2N4O6S2. The lowest BCUT2D eigenvalue weighted by molar-refractivity contribution is -0.133. The zero-order valence-electron chi connectivity index (χ0n) is 18.0. The molecule has 0 aliphatic carbocycles. The van der Waals surface area contributed by atoms with E-state index in [1.165, 1.54) is 6.07 Å². The van der Waals surface area contributed by atoms with E-state index in [2.05, 4.69) is 11.4 Å². The summed E-state index contributed by atoms with van der Waals surface area (Å²) in [6.45, 7) is 0.667. The van der Waals surface area contributed by atoms with Crippen LogP contribution >= 0.6 is 23.2 Å². The Balaban J connectivity index is 1.72. The first-order valence-electron chi connectivity index (χ1n) is 10.1. The number of hydrogen-bond donors (Lipinski definition) is 1. The molecule has 3 rings (SSSR count). The molecule has 1 aromatic rings. The predicted molar refractivity (Wildman–Crippen MR) is 124 cm³/mol. The van der Waals surface area contributed by atoms with Gasteiger partial charge in [-0.3, -0.25) is 10.1 Å². The predicted octanol–water partition coefficient (Wildman–Crippen LogP) is 1.73. The molecule has 1 amide bonds. The quantitative estimate of drug-likeness (QED) is 0.553. The molecule has 2 heterocycles. The Morgan fingerprint density at radius 3 is 2.45 bits per heavy atom. The van der Waals surface area contributed by atoms with E-state index in [1.54, 1.807) is 4.90 Å². The molecule has 0 saturated carbocycles. The van der Waals surface area contributed by atoms with Crippen molar-refractivity contribution in [3.63, 3.8) is 0 Å². The number of carbonyl (C=O) groups excluding carboxylic acids is 1. The molecule has 1 aromatic carbocycles. The number of amides is 1. The highest BCUT2D eigenvalue weighted by atomic mass is 35.5. The lowest BCUT2D eigenvalue weighted by atomic mass is 10.1. The summed E-state index contributed by atoms with van der Waals surface area (Å²) in [7, 11) is -8.41. The second-order valence-corrected chi connectivity index (χ2v) is 12.8. The summed E-state index contributed by atoms with van der Waals surface area (Å²) in [5.74, 6) is -0.0562. The number of ether oxygens (including phenoxy) is 1. The van der Waals surface area contributed by atoms with Gasteiger partial charge in [0.25, 0.3) is 0 Å². The van der Waals surface area contributed by atoms with Crippen LogP contribution < -0.4 is 13.8 Å². The zero-order valence-corrected chi connectivity index (χ0v) is 21.1. The van der Waals surface area contributed by atoms with Crippen molar-refractivity contribution in [1.29, 1.82) is 5.26 Å². The number of rotatable bonds is 7. The van der Waals surface area contributed by atoms with Crippen molar-refractivity contribution >= 4 is 54.8 Å². The van der Waals surface area contributed by atoms with Crippen molar-refractivity contribution in [1.82, 2.24) is 10.2 Å². The maximum Gasteiger partial charge on any atom is 0.245 e. The first-order valence-corrected chi connectivity index (χ1v) is 14.6. The van der Waals surface area contributed by atoms with Crippen LogP contribution in [-0.2, 0) is 24.8 Å². The minimum absolute atomic E-state index is 0.0500. The standard InChI is InChI=1S/C19H24Cl2N4O6S2/c1-32(27,28)25(33(2,29)30)17-9-18(15(21)8-14(17)20)31-11-12-5-6-16(23-12)19(26)24-7-3-4-13(24)10-22/h8-9,12-13,16,23H,3-7,11H2,1-2H3/t12-,13+,16+/m1/s1. The number of sulfonamides is 2. The molecule has 0 bridgehead atoms. The van der Waals surface area contributed by atoms with Crippen LogP contribution in [0.5, 0.6) is 5.75 Å².